The molecule has 2 heterocycles. The number of aromatic amines is 1. The van der Waals surface area contributed by atoms with Gasteiger partial charge in [0, 0.05) is 19.2 Å². The third-order valence-corrected chi connectivity index (χ3v) is 6.44. The maximum absolute atomic E-state index is 12.6. The third kappa shape index (κ3) is 8.68. The first-order chi connectivity index (χ1) is 21.0. The van der Waals surface area contributed by atoms with E-state index in [0.29, 0.717) is 12.2 Å². The number of aliphatic hydroxyl groups is 4. The average Bonchev–Trinajstić information content (AvgIpc) is 3.33. The van der Waals surface area contributed by atoms with E-state index >= 15 is 0 Å². The minimum atomic E-state index is -1.92. The van der Waals surface area contributed by atoms with Crippen molar-refractivity contribution in [3.8, 4) is 6.01 Å². The van der Waals surface area contributed by atoms with Crippen LogP contribution in [-0.4, -0.2) is 109 Å². The summed E-state index contributed by atoms with van der Waals surface area (Å²) < 4.78 is 11.8. The zero-order valence-corrected chi connectivity index (χ0v) is 23.8. The number of nitrogens with one attached hydrogen (secondary N) is 3. The molecule has 238 valence electrons. The van der Waals surface area contributed by atoms with Crippen molar-refractivity contribution in [3.63, 3.8) is 0 Å². The molecule has 1 aromatic carbocycles. The summed E-state index contributed by atoms with van der Waals surface area (Å²) in [5.41, 5.74) is 7.30. The van der Waals surface area contributed by atoms with Gasteiger partial charge in [0.2, 0.25) is 11.8 Å². The molecule has 2 aromatic heterocycles. The van der Waals surface area contributed by atoms with Crippen molar-refractivity contribution in [2.24, 2.45) is 0 Å². The summed E-state index contributed by atoms with van der Waals surface area (Å²) in [4.78, 5) is 59.6. The second-order valence-corrected chi connectivity index (χ2v) is 9.69. The molecule has 0 fully saturated rings. The van der Waals surface area contributed by atoms with E-state index in [1.165, 1.54) is 11.7 Å². The minimum absolute atomic E-state index is 0.00360. The lowest BCUT2D eigenvalue weighted by Gasteiger charge is -2.26. The van der Waals surface area contributed by atoms with E-state index in [-0.39, 0.29) is 54.5 Å². The van der Waals surface area contributed by atoms with Crippen LogP contribution in [0, 0.1) is 0 Å². The zero-order valence-electron chi connectivity index (χ0n) is 23.8. The number of benzene rings is 1. The number of nitrogens with zero attached hydrogens (tertiary/aromatic N) is 3. The number of ether oxygens (including phenoxy) is 2. The Bertz CT molecular complexity index is 1520. The zero-order chi connectivity index (χ0) is 32.4. The molecule has 0 spiro atoms. The average molecular weight is 618 g/mol. The van der Waals surface area contributed by atoms with E-state index in [9.17, 15) is 34.5 Å². The number of methoxy groups -OCH3 is 1. The monoisotopic (exact) mass is 617 g/mol. The fourth-order valence-electron chi connectivity index (χ4n) is 3.94. The predicted octanol–water partition coefficient (Wildman–Crippen LogP) is -2.90. The molecule has 2 amide bonds. The molecule has 17 heteroatoms. The van der Waals surface area contributed by atoms with Crippen LogP contribution in [0.25, 0.3) is 11.2 Å². The Hall–Kier alpha value is -4.68. The van der Waals surface area contributed by atoms with Crippen molar-refractivity contribution in [1.82, 2.24) is 30.2 Å². The number of carbonyl (C=O) groups excluding carboxylic acids is 3. The van der Waals surface area contributed by atoms with Crippen LogP contribution in [-0.2, 0) is 32.2 Å². The number of rotatable bonds is 17. The highest BCUT2D eigenvalue weighted by Crippen LogP contribution is 2.19. The molecule has 0 saturated heterocycles. The van der Waals surface area contributed by atoms with Gasteiger partial charge < -0.3 is 56.0 Å². The van der Waals surface area contributed by atoms with Crippen LogP contribution in [0.5, 0.6) is 6.01 Å². The number of aldehydes is 1. The number of nitrogens with two attached hydrogens (primary N) is 1. The lowest BCUT2D eigenvalue weighted by atomic mass is 10.0. The molecule has 0 saturated carbocycles. The van der Waals surface area contributed by atoms with Crippen molar-refractivity contribution in [2.75, 3.05) is 32.7 Å². The first kappa shape index (κ1) is 33.8. The molecule has 0 aliphatic rings. The van der Waals surface area contributed by atoms with Gasteiger partial charge in [-0.3, -0.25) is 14.2 Å². The molecule has 9 N–H and O–H groups in total. The van der Waals surface area contributed by atoms with Gasteiger partial charge in [-0.15, -0.1) is 0 Å². The number of H-pyrrole nitrogens is 1. The molecule has 0 radical (unpaired) electrons. The van der Waals surface area contributed by atoms with Crippen molar-refractivity contribution >= 4 is 35.1 Å². The summed E-state index contributed by atoms with van der Waals surface area (Å²) in [7, 11) is 1.52. The lowest BCUT2D eigenvalue weighted by molar-refractivity contribution is -0.129. The molecule has 0 bridgehead atoms. The Balaban J connectivity index is 1.55. The van der Waals surface area contributed by atoms with Gasteiger partial charge in [0.15, 0.2) is 11.5 Å². The molecule has 0 unspecified atom stereocenters. The number of nitrogen functional groups attached to an aromatic ring is 1. The summed E-state index contributed by atoms with van der Waals surface area (Å²) in [6, 6.07) is 5.37. The number of aliphatic hydroxyl groups excluding tert-OH is 4. The van der Waals surface area contributed by atoms with Gasteiger partial charge in [0.25, 0.3) is 0 Å². The van der Waals surface area contributed by atoms with Crippen LogP contribution in [0.15, 0.2) is 41.2 Å². The predicted molar refractivity (Wildman–Crippen MR) is 154 cm³/mol. The van der Waals surface area contributed by atoms with Gasteiger partial charge in [-0.1, -0.05) is 30.8 Å². The van der Waals surface area contributed by atoms with E-state index in [1.807, 2.05) is 0 Å². The summed E-state index contributed by atoms with van der Waals surface area (Å²) in [6.07, 6.45) is -5.85. The van der Waals surface area contributed by atoms with E-state index in [2.05, 4.69) is 32.2 Å². The third-order valence-electron chi connectivity index (χ3n) is 6.44. The summed E-state index contributed by atoms with van der Waals surface area (Å²) in [6.45, 7) is 3.41. The van der Waals surface area contributed by atoms with Gasteiger partial charge >= 0.3 is 11.7 Å². The standard InChI is InChI=1S/C27H35N7O10/c1-14(25(41)30-17(12-35)21(39)22(40)18(37)13-36)9-19(38)29-10-15-3-5-16(6-4-15)11-34-24-20(31-27(34)42)23(28)32-26(33-24)44-8-7-43-2/h3-6,12,17-18,21-22,36-37,39-40H,1,7-11,13H2,2H3,(H,29,38)(H,30,41)(H,31,42)(H2,28,32,33)/t17-,18+,21+,22+/m0/s1. The van der Waals surface area contributed by atoms with Crippen LogP contribution in [0.4, 0.5) is 5.82 Å². The molecule has 3 rings (SSSR count). The Morgan fingerprint density at radius 3 is 2.45 bits per heavy atom. The van der Waals surface area contributed by atoms with Gasteiger partial charge in [-0.2, -0.15) is 9.97 Å². The van der Waals surface area contributed by atoms with Gasteiger partial charge in [0.05, 0.1) is 26.2 Å². The number of hydrogen-bond donors (Lipinski definition) is 8. The quantitative estimate of drug-likeness (QED) is 0.0430. The normalized spacial score (nSPS) is 13.9. The second-order valence-electron chi connectivity index (χ2n) is 9.69. The van der Waals surface area contributed by atoms with E-state index < -0.39 is 54.9 Å². The van der Waals surface area contributed by atoms with Crippen molar-refractivity contribution in [1.29, 1.82) is 0 Å². The van der Waals surface area contributed by atoms with Gasteiger partial charge in [-0.25, -0.2) is 4.79 Å². The molecule has 17 nitrogen and oxygen atoms in total. The van der Waals surface area contributed by atoms with Crippen LogP contribution in [0.3, 0.4) is 0 Å². The summed E-state index contributed by atoms with van der Waals surface area (Å²) in [5.74, 6) is -1.43. The van der Waals surface area contributed by atoms with E-state index in [4.69, 9.17) is 20.3 Å². The fourth-order valence-corrected chi connectivity index (χ4v) is 3.94. The number of imidazole rings is 1. The summed E-state index contributed by atoms with van der Waals surface area (Å²) in [5, 5.41) is 42.8. The fraction of sp³-hybridized carbons (Fsp3) is 0.407. The highest BCUT2D eigenvalue weighted by atomic mass is 16.5. The van der Waals surface area contributed by atoms with E-state index in [1.54, 1.807) is 24.3 Å². The molecule has 4 atom stereocenters. The van der Waals surface area contributed by atoms with Crippen molar-refractivity contribution in [3.05, 3.63) is 58.0 Å². The minimum Gasteiger partial charge on any atom is -0.461 e. The number of hydrogen-bond acceptors (Lipinski definition) is 13. The van der Waals surface area contributed by atoms with Gasteiger partial charge in [0.1, 0.15) is 42.8 Å². The van der Waals surface area contributed by atoms with Crippen LogP contribution in [0.1, 0.15) is 17.5 Å². The molecular weight excluding hydrogens is 582 g/mol. The molecule has 0 aliphatic heterocycles. The topological polar surface area (TPSA) is 264 Å². The van der Waals surface area contributed by atoms with Crippen molar-refractivity contribution in [2.45, 2.75) is 43.9 Å². The highest BCUT2D eigenvalue weighted by molar-refractivity contribution is 5.99. The van der Waals surface area contributed by atoms with Crippen LogP contribution < -0.4 is 26.8 Å². The molecular formula is C27H35N7O10. The van der Waals surface area contributed by atoms with E-state index in [0.717, 1.165) is 5.56 Å². The number of anilines is 1. The lowest BCUT2D eigenvalue weighted by Crippen LogP contribution is -2.53. The second kappa shape index (κ2) is 15.7. The first-order valence-corrected chi connectivity index (χ1v) is 13.3. The highest BCUT2D eigenvalue weighted by Gasteiger charge is 2.32. The Kier molecular flexibility index (Phi) is 12.1. The molecule has 44 heavy (non-hydrogen) atoms. The SMILES string of the molecule is C=C(CC(=O)NCc1ccc(Cn2c(=O)[nH]c3c(N)nc(OCCOC)nc32)cc1)C(=O)N[C@@H](C=O)[C@@H](O)[C@H](O)[C@H](O)CO. The maximum atomic E-state index is 12.6. The number of fused-ring (bicyclic) bond motifs is 1. The number of aromatic nitrogens is 4. The Morgan fingerprint density at radius 2 is 1.82 bits per heavy atom. The maximum Gasteiger partial charge on any atom is 0.328 e. The molecule has 0 aliphatic carbocycles. The largest absolute Gasteiger partial charge is 0.461 e. The number of carbonyl (C=O) groups is 3. The first-order valence-electron chi connectivity index (χ1n) is 13.3. The van der Waals surface area contributed by atoms with Crippen LogP contribution in [0.2, 0.25) is 0 Å². The summed E-state index contributed by atoms with van der Waals surface area (Å²) >= 11 is 0. The van der Waals surface area contributed by atoms with Gasteiger partial charge in [-0.05, 0) is 11.1 Å². The molecule has 3 aromatic rings. The number of amides is 2. The van der Waals surface area contributed by atoms with Crippen molar-refractivity contribution < 1.29 is 44.3 Å². The Labute approximate surface area is 250 Å². The smallest absolute Gasteiger partial charge is 0.328 e. The Morgan fingerprint density at radius 1 is 1.14 bits per heavy atom. The van der Waals surface area contributed by atoms with Crippen LogP contribution >= 0.6 is 0 Å².